The van der Waals surface area contributed by atoms with E-state index in [1.54, 1.807) is 10.9 Å². The van der Waals surface area contributed by atoms with Crippen LogP contribution in [0.2, 0.25) is 0 Å². The second-order valence-electron chi connectivity index (χ2n) is 8.58. The fraction of sp³-hybridized carbons (Fsp3) is 0.458. The van der Waals surface area contributed by atoms with Crippen molar-refractivity contribution in [1.82, 2.24) is 19.7 Å². The quantitative estimate of drug-likeness (QED) is 0.602. The number of aryl methyl sites for hydroxylation is 1. The molecule has 0 saturated carbocycles. The van der Waals surface area contributed by atoms with Gasteiger partial charge in [-0.2, -0.15) is 5.10 Å². The molecule has 1 fully saturated rings. The van der Waals surface area contributed by atoms with Crippen molar-refractivity contribution in [2.45, 2.75) is 52.0 Å². The van der Waals surface area contributed by atoms with Gasteiger partial charge in [0.2, 0.25) is 5.89 Å². The van der Waals surface area contributed by atoms with E-state index < -0.39 is 0 Å². The number of oxazole rings is 1. The topological polar surface area (TPSA) is 64.2 Å². The molecule has 2 aromatic heterocycles. The highest BCUT2D eigenvalue weighted by atomic mass is 16.4. The van der Waals surface area contributed by atoms with Crippen LogP contribution in [-0.2, 0) is 19.9 Å². The number of amides is 1. The summed E-state index contributed by atoms with van der Waals surface area (Å²) in [4.78, 5) is 19.9. The lowest BCUT2D eigenvalue weighted by atomic mass is 10.0. The van der Waals surface area contributed by atoms with Gasteiger partial charge in [-0.1, -0.05) is 44.2 Å². The van der Waals surface area contributed by atoms with Gasteiger partial charge in [-0.15, -0.1) is 0 Å². The zero-order valence-corrected chi connectivity index (χ0v) is 18.0. The average molecular weight is 407 g/mol. The number of likely N-dealkylation sites (tertiary alicyclic amines) is 1. The van der Waals surface area contributed by atoms with Crippen LogP contribution in [0.1, 0.15) is 72.5 Å². The van der Waals surface area contributed by atoms with Crippen molar-refractivity contribution in [2.75, 3.05) is 6.54 Å². The number of carbonyl (C=O) groups is 1. The van der Waals surface area contributed by atoms with Gasteiger partial charge in [0.25, 0.3) is 5.91 Å². The smallest absolute Gasteiger partial charge is 0.272 e. The molecule has 0 spiro atoms. The van der Waals surface area contributed by atoms with Crippen LogP contribution in [0.15, 0.2) is 47.0 Å². The van der Waals surface area contributed by atoms with Crippen LogP contribution in [0.4, 0.5) is 0 Å². The van der Waals surface area contributed by atoms with E-state index in [-0.39, 0.29) is 11.9 Å². The first kappa shape index (κ1) is 20.4. The minimum absolute atomic E-state index is 0.00696. The number of carbonyl (C=O) groups excluding carboxylic acids is 1. The minimum Gasteiger partial charge on any atom is -0.443 e. The highest BCUT2D eigenvalue weighted by Gasteiger charge is 2.33. The molecule has 3 aromatic rings. The van der Waals surface area contributed by atoms with Crippen LogP contribution in [0.3, 0.4) is 0 Å². The molecule has 6 heteroatoms. The Balaban J connectivity index is 1.53. The van der Waals surface area contributed by atoms with Gasteiger partial charge >= 0.3 is 0 Å². The maximum absolute atomic E-state index is 13.4. The van der Waals surface area contributed by atoms with Gasteiger partial charge in [-0.25, -0.2) is 4.98 Å². The number of hydrogen-bond acceptors (Lipinski definition) is 4. The molecule has 0 radical (unpaired) electrons. The van der Waals surface area contributed by atoms with Crippen LogP contribution < -0.4 is 0 Å². The summed E-state index contributed by atoms with van der Waals surface area (Å²) in [6.45, 7) is 5.03. The van der Waals surface area contributed by atoms with Crippen molar-refractivity contribution in [1.29, 1.82) is 0 Å². The highest BCUT2D eigenvalue weighted by molar-refractivity contribution is 5.93. The lowest BCUT2D eigenvalue weighted by molar-refractivity contribution is 0.0558. The number of benzene rings is 1. The van der Waals surface area contributed by atoms with E-state index in [0.29, 0.717) is 30.5 Å². The molecule has 1 aliphatic heterocycles. The van der Waals surface area contributed by atoms with Gasteiger partial charge in [0.1, 0.15) is 17.5 Å². The zero-order chi connectivity index (χ0) is 21.1. The van der Waals surface area contributed by atoms with Crippen LogP contribution in [0.25, 0.3) is 0 Å². The Labute approximate surface area is 177 Å². The zero-order valence-electron chi connectivity index (χ0n) is 18.0. The summed E-state index contributed by atoms with van der Waals surface area (Å²) in [5, 5.41) is 4.55. The molecule has 1 amide bonds. The normalized spacial score (nSPS) is 16.9. The highest BCUT2D eigenvalue weighted by Crippen LogP contribution is 2.32. The number of rotatable bonds is 6. The molecule has 1 unspecified atom stereocenters. The third-order valence-corrected chi connectivity index (χ3v) is 5.61. The molecule has 0 N–H and O–H groups in total. The number of piperidine rings is 1. The predicted molar refractivity (Wildman–Crippen MR) is 115 cm³/mol. The largest absolute Gasteiger partial charge is 0.443 e. The summed E-state index contributed by atoms with van der Waals surface area (Å²) in [6, 6.07) is 12.0. The molecule has 1 aliphatic rings. The van der Waals surface area contributed by atoms with Crippen LogP contribution >= 0.6 is 0 Å². The van der Waals surface area contributed by atoms with E-state index in [1.807, 2.05) is 36.2 Å². The molecule has 158 valence electrons. The Hall–Kier alpha value is -2.89. The van der Waals surface area contributed by atoms with Crippen molar-refractivity contribution in [3.63, 3.8) is 0 Å². The van der Waals surface area contributed by atoms with Crippen LogP contribution in [-0.4, -0.2) is 32.1 Å². The Kier molecular flexibility index (Phi) is 6.02. The van der Waals surface area contributed by atoms with E-state index in [0.717, 1.165) is 37.1 Å². The predicted octanol–water partition coefficient (Wildman–Crippen LogP) is 4.56. The lowest BCUT2D eigenvalue weighted by Crippen LogP contribution is -2.39. The summed E-state index contributed by atoms with van der Waals surface area (Å²) < 4.78 is 7.81. The number of nitrogens with zero attached hydrogens (tertiary/aromatic N) is 4. The fourth-order valence-electron chi connectivity index (χ4n) is 4.18. The third-order valence-electron chi connectivity index (χ3n) is 5.61. The summed E-state index contributed by atoms with van der Waals surface area (Å²) in [6.07, 6.45) is 6.30. The Morgan fingerprint density at radius 1 is 1.23 bits per heavy atom. The van der Waals surface area contributed by atoms with Crippen LogP contribution in [0.5, 0.6) is 0 Å². The first-order chi connectivity index (χ1) is 14.5. The molecule has 6 nitrogen and oxygen atoms in total. The Morgan fingerprint density at radius 3 is 2.80 bits per heavy atom. The standard InChI is InChI=1S/C24H30N4O2/c1-17(2)13-19-15-22(27(3)26-19)24(29)28-12-8-7-11-21(28)23-25-16-20(30-23)14-18-9-5-4-6-10-18/h4-6,9-10,15-17,21H,7-8,11-14H2,1-3H3. The summed E-state index contributed by atoms with van der Waals surface area (Å²) in [5.74, 6) is 1.97. The van der Waals surface area contributed by atoms with Crippen molar-refractivity contribution in [3.05, 3.63) is 71.2 Å². The molecule has 4 rings (SSSR count). The van der Waals surface area contributed by atoms with Crippen LogP contribution in [0, 0.1) is 5.92 Å². The number of aromatic nitrogens is 3. The van der Waals surface area contributed by atoms with Gasteiger partial charge in [-0.05, 0) is 43.2 Å². The van der Waals surface area contributed by atoms with Gasteiger partial charge in [0.15, 0.2) is 0 Å². The van der Waals surface area contributed by atoms with E-state index in [2.05, 4.69) is 36.1 Å². The second-order valence-corrected chi connectivity index (χ2v) is 8.58. The average Bonchev–Trinajstić information content (AvgIpc) is 3.34. The molecule has 0 bridgehead atoms. The SMILES string of the molecule is CC(C)Cc1cc(C(=O)N2CCCCC2c2ncc(Cc3ccccc3)o2)n(C)n1. The van der Waals surface area contributed by atoms with Crippen molar-refractivity contribution in [2.24, 2.45) is 13.0 Å². The molecular weight excluding hydrogens is 376 g/mol. The van der Waals surface area contributed by atoms with Crippen molar-refractivity contribution in [3.8, 4) is 0 Å². The first-order valence-corrected chi connectivity index (χ1v) is 10.8. The van der Waals surface area contributed by atoms with Crippen molar-refractivity contribution >= 4 is 5.91 Å². The van der Waals surface area contributed by atoms with Gasteiger partial charge in [0, 0.05) is 20.0 Å². The molecule has 1 aromatic carbocycles. The summed E-state index contributed by atoms with van der Waals surface area (Å²) >= 11 is 0. The van der Waals surface area contributed by atoms with Gasteiger partial charge in [0.05, 0.1) is 11.9 Å². The van der Waals surface area contributed by atoms with E-state index in [1.165, 1.54) is 5.56 Å². The maximum Gasteiger partial charge on any atom is 0.272 e. The molecule has 1 atom stereocenters. The summed E-state index contributed by atoms with van der Waals surface area (Å²) in [7, 11) is 1.85. The minimum atomic E-state index is -0.126. The Bertz CT molecular complexity index is 990. The van der Waals surface area contributed by atoms with Crippen molar-refractivity contribution < 1.29 is 9.21 Å². The molecule has 1 saturated heterocycles. The van der Waals surface area contributed by atoms with Gasteiger partial charge in [-0.3, -0.25) is 9.48 Å². The second kappa shape index (κ2) is 8.86. The monoisotopic (exact) mass is 406 g/mol. The molecule has 3 heterocycles. The van der Waals surface area contributed by atoms with E-state index in [4.69, 9.17) is 4.42 Å². The first-order valence-electron chi connectivity index (χ1n) is 10.8. The maximum atomic E-state index is 13.4. The van der Waals surface area contributed by atoms with E-state index >= 15 is 0 Å². The molecule has 30 heavy (non-hydrogen) atoms. The Morgan fingerprint density at radius 2 is 2.03 bits per heavy atom. The molecule has 0 aliphatic carbocycles. The number of hydrogen-bond donors (Lipinski definition) is 0. The van der Waals surface area contributed by atoms with E-state index in [9.17, 15) is 4.79 Å². The lowest BCUT2D eigenvalue weighted by Gasteiger charge is -2.33. The molecular formula is C24H30N4O2. The third kappa shape index (κ3) is 4.48. The summed E-state index contributed by atoms with van der Waals surface area (Å²) in [5.41, 5.74) is 2.78. The fourth-order valence-corrected chi connectivity index (χ4v) is 4.18. The van der Waals surface area contributed by atoms with Gasteiger partial charge < -0.3 is 9.32 Å².